The Morgan fingerprint density at radius 2 is 1.71 bits per heavy atom. The van der Waals surface area contributed by atoms with Gasteiger partial charge in [0.15, 0.2) is 0 Å². The van der Waals surface area contributed by atoms with Crippen LogP contribution in [-0.4, -0.2) is 26.9 Å². The van der Waals surface area contributed by atoms with Crippen LogP contribution in [0.2, 0.25) is 10.0 Å². The van der Waals surface area contributed by atoms with E-state index >= 15 is 0 Å². The molecule has 38 heavy (non-hydrogen) atoms. The van der Waals surface area contributed by atoms with E-state index < -0.39 is 6.04 Å². The summed E-state index contributed by atoms with van der Waals surface area (Å²) in [6.07, 6.45) is 4.07. The molecule has 0 fully saturated rings. The lowest BCUT2D eigenvalue weighted by Crippen LogP contribution is -2.40. The van der Waals surface area contributed by atoms with E-state index in [0.717, 1.165) is 16.7 Å². The van der Waals surface area contributed by atoms with Crippen LogP contribution < -0.4 is 16.0 Å². The second-order valence-corrected chi connectivity index (χ2v) is 10.2. The van der Waals surface area contributed by atoms with Crippen LogP contribution in [-0.2, 0) is 17.9 Å². The second-order valence-electron chi connectivity index (χ2n) is 9.36. The molecule has 0 bridgehead atoms. The molecular formula is C29H30Cl2N6O. The largest absolute Gasteiger partial charge is 0.366 e. The molecule has 4 aromatic rings. The minimum absolute atomic E-state index is 0.127. The lowest BCUT2D eigenvalue weighted by atomic mass is 10.0. The van der Waals surface area contributed by atoms with Crippen molar-refractivity contribution in [3.05, 3.63) is 100 Å². The minimum atomic E-state index is -0.521. The molecule has 0 aliphatic rings. The predicted molar refractivity (Wildman–Crippen MR) is 154 cm³/mol. The van der Waals surface area contributed by atoms with Gasteiger partial charge in [-0.05, 0) is 59.9 Å². The van der Waals surface area contributed by atoms with Crippen molar-refractivity contribution in [2.24, 2.45) is 5.92 Å². The summed E-state index contributed by atoms with van der Waals surface area (Å²) >= 11 is 12.1. The Balaban J connectivity index is 1.55. The molecule has 0 saturated heterocycles. The molecule has 196 valence electrons. The van der Waals surface area contributed by atoms with E-state index in [9.17, 15) is 4.79 Å². The lowest BCUT2D eigenvalue weighted by molar-refractivity contribution is -0.122. The Kier molecular flexibility index (Phi) is 9.51. The van der Waals surface area contributed by atoms with Crippen molar-refractivity contribution in [2.75, 3.05) is 10.6 Å². The third-order valence-electron chi connectivity index (χ3n) is 5.75. The molecule has 2 heterocycles. The van der Waals surface area contributed by atoms with Crippen LogP contribution in [0.25, 0.3) is 11.3 Å². The molecule has 0 aliphatic carbocycles. The molecule has 3 N–H and O–H groups in total. The standard InChI is InChI=1S/C29H30Cl2N6O/c1-19(2)13-26(28(38)34-16-20-8-10-23(30)11-9-20)36-29-35-25(22-6-4-12-32-18-22)15-27(37-29)33-17-21-5-3-7-24(31)14-21/h3-12,14-15,18-19,26H,13,16-17H2,1-2H3,(H,34,38)(H2,33,35,36,37)/t26-/m1/s1. The first-order chi connectivity index (χ1) is 18.4. The number of amides is 1. The molecule has 2 aromatic carbocycles. The predicted octanol–water partition coefficient (Wildman–Crippen LogP) is 6.60. The number of nitrogens with one attached hydrogen (secondary N) is 3. The molecule has 9 heteroatoms. The molecule has 4 rings (SSSR count). The highest BCUT2D eigenvalue weighted by molar-refractivity contribution is 6.30. The van der Waals surface area contributed by atoms with E-state index in [1.165, 1.54) is 0 Å². The maximum atomic E-state index is 13.2. The fourth-order valence-electron chi connectivity index (χ4n) is 3.88. The molecule has 0 radical (unpaired) electrons. The third kappa shape index (κ3) is 8.16. The van der Waals surface area contributed by atoms with Crippen molar-refractivity contribution in [1.82, 2.24) is 20.3 Å². The van der Waals surface area contributed by atoms with Crippen molar-refractivity contribution in [1.29, 1.82) is 0 Å². The zero-order valence-corrected chi connectivity index (χ0v) is 22.8. The number of benzene rings is 2. The molecule has 0 aliphatic heterocycles. The van der Waals surface area contributed by atoms with Gasteiger partial charge in [-0.3, -0.25) is 9.78 Å². The van der Waals surface area contributed by atoms with Crippen molar-refractivity contribution in [3.8, 4) is 11.3 Å². The topological polar surface area (TPSA) is 91.8 Å². The number of nitrogens with zero attached hydrogens (tertiary/aromatic N) is 3. The number of anilines is 2. The number of pyridine rings is 1. The van der Waals surface area contributed by atoms with Crippen LogP contribution in [0.4, 0.5) is 11.8 Å². The Morgan fingerprint density at radius 3 is 2.42 bits per heavy atom. The van der Waals surface area contributed by atoms with Crippen molar-refractivity contribution in [3.63, 3.8) is 0 Å². The van der Waals surface area contributed by atoms with Gasteiger partial charge in [-0.25, -0.2) is 4.98 Å². The normalized spacial score (nSPS) is 11.7. The van der Waals surface area contributed by atoms with Crippen LogP contribution in [0.5, 0.6) is 0 Å². The first-order valence-electron chi connectivity index (χ1n) is 12.4. The summed E-state index contributed by atoms with van der Waals surface area (Å²) in [5.41, 5.74) is 3.52. The first-order valence-corrected chi connectivity index (χ1v) is 13.2. The lowest BCUT2D eigenvalue weighted by Gasteiger charge is -2.21. The maximum absolute atomic E-state index is 13.2. The molecule has 0 saturated carbocycles. The number of aromatic nitrogens is 3. The average Bonchev–Trinajstić information content (AvgIpc) is 2.91. The third-order valence-corrected chi connectivity index (χ3v) is 6.24. The van der Waals surface area contributed by atoms with Gasteiger partial charge in [0.25, 0.3) is 0 Å². The number of carbonyl (C=O) groups is 1. The Hall–Kier alpha value is -3.68. The Labute approximate surface area is 233 Å². The number of halogens is 2. The number of hydrogen-bond acceptors (Lipinski definition) is 6. The highest BCUT2D eigenvalue weighted by Crippen LogP contribution is 2.23. The molecule has 1 amide bonds. The minimum Gasteiger partial charge on any atom is -0.366 e. The van der Waals surface area contributed by atoms with Gasteiger partial charge in [-0.1, -0.05) is 61.3 Å². The molecule has 0 unspecified atom stereocenters. The van der Waals surface area contributed by atoms with E-state index in [1.807, 2.05) is 66.7 Å². The summed E-state index contributed by atoms with van der Waals surface area (Å²) in [4.78, 5) is 26.8. The van der Waals surface area contributed by atoms with Gasteiger partial charge in [0.05, 0.1) is 5.69 Å². The number of rotatable bonds is 11. The van der Waals surface area contributed by atoms with E-state index in [-0.39, 0.29) is 11.8 Å². The summed E-state index contributed by atoms with van der Waals surface area (Å²) in [6.45, 7) is 5.08. The van der Waals surface area contributed by atoms with E-state index in [4.69, 9.17) is 28.2 Å². The van der Waals surface area contributed by atoms with Gasteiger partial charge >= 0.3 is 0 Å². The van der Waals surface area contributed by atoms with Gasteiger partial charge in [-0.2, -0.15) is 4.98 Å². The zero-order chi connectivity index (χ0) is 26.9. The molecule has 7 nitrogen and oxygen atoms in total. The second kappa shape index (κ2) is 13.2. The Bertz CT molecular complexity index is 1350. The van der Waals surface area contributed by atoms with Gasteiger partial charge < -0.3 is 16.0 Å². The SMILES string of the molecule is CC(C)C[C@@H](Nc1nc(NCc2cccc(Cl)c2)cc(-c2cccnc2)n1)C(=O)NCc1ccc(Cl)cc1. The van der Waals surface area contributed by atoms with E-state index in [0.29, 0.717) is 47.0 Å². The highest BCUT2D eigenvalue weighted by atomic mass is 35.5. The summed E-state index contributed by atoms with van der Waals surface area (Å²) in [5.74, 6) is 1.12. The summed E-state index contributed by atoms with van der Waals surface area (Å²) in [6, 6.07) is 20.2. The van der Waals surface area contributed by atoms with Crippen LogP contribution in [0, 0.1) is 5.92 Å². The van der Waals surface area contributed by atoms with Crippen molar-refractivity contribution < 1.29 is 4.79 Å². The zero-order valence-electron chi connectivity index (χ0n) is 21.3. The molecule has 1 atom stereocenters. The van der Waals surface area contributed by atoms with E-state index in [1.54, 1.807) is 12.4 Å². The van der Waals surface area contributed by atoms with Crippen LogP contribution in [0.1, 0.15) is 31.4 Å². The Morgan fingerprint density at radius 1 is 0.895 bits per heavy atom. The van der Waals surface area contributed by atoms with Gasteiger partial charge in [-0.15, -0.1) is 0 Å². The number of carbonyl (C=O) groups excluding carboxylic acids is 1. The van der Waals surface area contributed by atoms with Gasteiger partial charge in [0, 0.05) is 47.2 Å². The monoisotopic (exact) mass is 548 g/mol. The summed E-state index contributed by atoms with van der Waals surface area (Å²) in [7, 11) is 0. The van der Waals surface area contributed by atoms with Gasteiger partial charge in [0.2, 0.25) is 11.9 Å². The van der Waals surface area contributed by atoms with E-state index in [2.05, 4.69) is 39.8 Å². The fraction of sp³-hybridized carbons (Fsp3) is 0.241. The number of hydrogen-bond donors (Lipinski definition) is 3. The highest BCUT2D eigenvalue weighted by Gasteiger charge is 2.21. The first kappa shape index (κ1) is 27.4. The molecular weight excluding hydrogens is 519 g/mol. The van der Waals surface area contributed by atoms with Crippen molar-refractivity contribution in [2.45, 2.75) is 39.4 Å². The van der Waals surface area contributed by atoms with Gasteiger partial charge in [0.1, 0.15) is 11.9 Å². The molecule has 0 spiro atoms. The average molecular weight is 550 g/mol. The fourth-order valence-corrected chi connectivity index (χ4v) is 4.22. The smallest absolute Gasteiger partial charge is 0.242 e. The summed E-state index contributed by atoms with van der Waals surface area (Å²) < 4.78 is 0. The van der Waals surface area contributed by atoms with Crippen LogP contribution in [0.3, 0.4) is 0 Å². The quantitative estimate of drug-likeness (QED) is 0.195. The molecule has 2 aromatic heterocycles. The van der Waals surface area contributed by atoms with Crippen molar-refractivity contribution >= 4 is 40.9 Å². The maximum Gasteiger partial charge on any atom is 0.242 e. The van der Waals surface area contributed by atoms with Crippen LogP contribution in [0.15, 0.2) is 79.1 Å². The summed E-state index contributed by atoms with van der Waals surface area (Å²) in [5, 5.41) is 11.0. The van der Waals surface area contributed by atoms with Crippen LogP contribution >= 0.6 is 23.2 Å².